The van der Waals surface area contributed by atoms with Crippen LogP contribution in [0.4, 0.5) is 4.39 Å². The summed E-state index contributed by atoms with van der Waals surface area (Å²) in [6.45, 7) is 5.89. The maximum absolute atomic E-state index is 15.4. The van der Waals surface area contributed by atoms with Crippen LogP contribution in [0.1, 0.15) is 38.6 Å². The molecule has 1 aliphatic heterocycles. The van der Waals surface area contributed by atoms with E-state index >= 15 is 4.39 Å². The predicted molar refractivity (Wildman–Crippen MR) is 132 cm³/mol. The Labute approximate surface area is 203 Å². The number of hydrogen-bond donors (Lipinski definition) is 0. The van der Waals surface area contributed by atoms with Crippen LogP contribution in [-0.4, -0.2) is 68.0 Å². The number of ether oxygens (including phenoxy) is 2. The van der Waals surface area contributed by atoms with E-state index < -0.39 is 6.17 Å². The number of hydrogen-bond acceptors (Lipinski definition) is 7. The molecular formula is C25H31FN6O3. The third-order valence-electron chi connectivity index (χ3n) is 6.12. The van der Waals surface area contributed by atoms with Gasteiger partial charge in [0.15, 0.2) is 5.65 Å². The van der Waals surface area contributed by atoms with Crippen LogP contribution in [0.3, 0.4) is 0 Å². The minimum atomic E-state index is -1.24. The number of fused-ring (bicyclic) bond motifs is 3. The zero-order valence-electron chi connectivity index (χ0n) is 19.4. The van der Waals surface area contributed by atoms with Crippen molar-refractivity contribution in [3.05, 3.63) is 64.5 Å². The Balaban J connectivity index is 0.00000289. The number of benzene rings is 1. The number of nitrogens with zero attached hydrogens (tertiary/aromatic N) is 6. The Morgan fingerprint density at radius 1 is 1.14 bits per heavy atom. The monoisotopic (exact) mass is 482 g/mol. The van der Waals surface area contributed by atoms with Crippen molar-refractivity contribution in [3.8, 4) is 5.75 Å². The van der Waals surface area contributed by atoms with Gasteiger partial charge in [0.1, 0.15) is 23.9 Å². The number of halogens is 1. The molecule has 1 aliphatic rings. The van der Waals surface area contributed by atoms with Crippen molar-refractivity contribution in [2.45, 2.75) is 46.2 Å². The standard InChI is InChI=1S/C24H27FN6O3.CH4/c1-15-10-29(11-16(2)34-15)13-21(25)18-8-20-22(26-9-18)30(24(32)31-23(20)27-14-28-31)12-17-4-6-19(33-3)7-5-17;/h4-9,14-16,21H,10-13H2,1-3H3;1H4/t15-,16+,21?;. The fourth-order valence-electron chi connectivity index (χ4n) is 4.62. The second-order valence-electron chi connectivity index (χ2n) is 8.80. The Bertz CT molecular complexity index is 1360. The third kappa shape index (κ3) is 4.89. The van der Waals surface area contributed by atoms with E-state index in [1.165, 1.54) is 21.6 Å². The lowest BCUT2D eigenvalue weighted by Gasteiger charge is -2.35. The SMILES string of the molecule is C.COc1ccc(Cn2c(=O)n3ncnc3c3cc(C(F)CN4C[C@@H](C)O[C@@H](C)C4)cnc32)cc1. The van der Waals surface area contributed by atoms with Gasteiger partial charge < -0.3 is 9.47 Å². The Morgan fingerprint density at radius 3 is 2.54 bits per heavy atom. The van der Waals surface area contributed by atoms with Gasteiger partial charge in [-0.15, -0.1) is 0 Å². The quantitative estimate of drug-likeness (QED) is 0.417. The zero-order chi connectivity index (χ0) is 23.8. The lowest BCUT2D eigenvalue weighted by molar-refractivity contribution is -0.0726. The maximum atomic E-state index is 15.4. The van der Waals surface area contributed by atoms with Gasteiger partial charge >= 0.3 is 5.69 Å². The molecule has 0 saturated carbocycles. The van der Waals surface area contributed by atoms with Gasteiger partial charge in [-0.05, 0) is 37.6 Å². The van der Waals surface area contributed by atoms with E-state index in [1.807, 2.05) is 38.1 Å². The summed E-state index contributed by atoms with van der Waals surface area (Å²) in [5.41, 5.74) is 1.78. The molecule has 4 heterocycles. The van der Waals surface area contributed by atoms with E-state index in [0.29, 0.717) is 35.3 Å². The zero-order valence-corrected chi connectivity index (χ0v) is 19.4. The highest BCUT2D eigenvalue weighted by Crippen LogP contribution is 2.25. The summed E-state index contributed by atoms with van der Waals surface area (Å²) in [5, 5.41) is 4.67. The van der Waals surface area contributed by atoms with Crippen LogP contribution >= 0.6 is 0 Å². The van der Waals surface area contributed by atoms with Crippen LogP contribution < -0.4 is 10.4 Å². The van der Waals surface area contributed by atoms with E-state index in [-0.39, 0.29) is 38.4 Å². The Kier molecular flexibility index (Phi) is 7.13. The fraction of sp³-hybridized carbons (Fsp3) is 0.440. The highest BCUT2D eigenvalue weighted by Gasteiger charge is 2.26. The fourth-order valence-corrected chi connectivity index (χ4v) is 4.62. The lowest BCUT2D eigenvalue weighted by atomic mass is 10.1. The van der Waals surface area contributed by atoms with Gasteiger partial charge in [-0.1, -0.05) is 19.6 Å². The van der Waals surface area contributed by atoms with E-state index in [4.69, 9.17) is 9.47 Å². The molecule has 3 atom stereocenters. The van der Waals surface area contributed by atoms with E-state index in [0.717, 1.165) is 11.3 Å². The summed E-state index contributed by atoms with van der Waals surface area (Å²) < 4.78 is 29.1. The van der Waals surface area contributed by atoms with Crippen LogP contribution in [-0.2, 0) is 11.3 Å². The van der Waals surface area contributed by atoms with Crippen molar-refractivity contribution >= 4 is 16.7 Å². The molecule has 0 amide bonds. The first kappa shape index (κ1) is 24.7. The average Bonchev–Trinajstić information content (AvgIpc) is 3.32. The summed E-state index contributed by atoms with van der Waals surface area (Å²) in [7, 11) is 1.60. The number of pyridine rings is 1. The molecule has 35 heavy (non-hydrogen) atoms. The highest BCUT2D eigenvalue weighted by atomic mass is 19.1. The molecule has 1 saturated heterocycles. The molecular weight excluding hydrogens is 451 g/mol. The normalized spacial score (nSPS) is 19.5. The molecule has 1 unspecified atom stereocenters. The third-order valence-corrected chi connectivity index (χ3v) is 6.12. The van der Waals surface area contributed by atoms with Crippen molar-refractivity contribution < 1.29 is 13.9 Å². The van der Waals surface area contributed by atoms with Crippen molar-refractivity contribution in [1.29, 1.82) is 0 Å². The summed E-state index contributed by atoms with van der Waals surface area (Å²) in [6.07, 6.45) is 1.72. The molecule has 0 spiro atoms. The maximum Gasteiger partial charge on any atom is 0.352 e. The largest absolute Gasteiger partial charge is 0.497 e. The van der Waals surface area contributed by atoms with Gasteiger partial charge in [-0.25, -0.2) is 19.2 Å². The lowest BCUT2D eigenvalue weighted by Crippen LogP contribution is -2.46. The minimum Gasteiger partial charge on any atom is -0.497 e. The number of morpholine rings is 1. The number of alkyl halides is 1. The first-order valence-electron chi connectivity index (χ1n) is 11.3. The average molecular weight is 483 g/mol. The molecule has 186 valence electrons. The van der Waals surface area contributed by atoms with E-state index in [2.05, 4.69) is 20.0 Å². The molecule has 10 heteroatoms. The van der Waals surface area contributed by atoms with Gasteiger partial charge in [0.05, 0.1) is 31.2 Å². The van der Waals surface area contributed by atoms with Gasteiger partial charge in [0.2, 0.25) is 0 Å². The van der Waals surface area contributed by atoms with Gasteiger partial charge in [0, 0.05) is 31.4 Å². The molecule has 1 fully saturated rings. The molecule has 0 N–H and O–H groups in total. The first-order valence-corrected chi connectivity index (χ1v) is 11.3. The second-order valence-corrected chi connectivity index (χ2v) is 8.80. The molecule has 9 nitrogen and oxygen atoms in total. The molecule has 3 aromatic heterocycles. The van der Waals surface area contributed by atoms with E-state index in [9.17, 15) is 4.79 Å². The van der Waals surface area contributed by atoms with Crippen molar-refractivity contribution in [2.75, 3.05) is 26.7 Å². The topological polar surface area (TPSA) is 86.8 Å². The molecule has 5 rings (SSSR count). The first-order chi connectivity index (χ1) is 16.4. The van der Waals surface area contributed by atoms with Gasteiger partial charge in [0.25, 0.3) is 0 Å². The van der Waals surface area contributed by atoms with Crippen LogP contribution in [0.15, 0.2) is 47.7 Å². The van der Waals surface area contributed by atoms with Crippen LogP contribution in [0.2, 0.25) is 0 Å². The van der Waals surface area contributed by atoms with Gasteiger partial charge in [-0.2, -0.15) is 9.61 Å². The molecule has 0 radical (unpaired) electrons. The molecule has 0 bridgehead atoms. The minimum absolute atomic E-state index is 0. The number of methoxy groups -OCH3 is 1. The predicted octanol–water partition coefficient (Wildman–Crippen LogP) is 3.25. The molecule has 1 aromatic carbocycles. The van der Waals surface area contributed by atoms with Crippen molar-refractivity contribution in [1.82, 2.24) is 29.0 Å². The highest BCUT2D eigenvalue weighted by molar-refractivity contribution is 5.89. The molecule has 0 aliphatic carbocycles. The summed E-state index contributed by atoms with van der Waals surface area (Å²) >= 11 is 0. The summed E-state index contributed by atoms with van der Waals surface area (Å²) in [5.74, 6) is 0.730. The number of rotatable bonds is 6. The smallest absolute Gasteiger partial charge is 0.352 e. The number of aromatic nitrogens is 5. The van der Waals surface area contributed by atoms with Crippen LogP contribution in [0, 0.1) is 0 Å². The van der Waals surface area contributed by atoms with Crippen molar-refractivity contribution in [2.24, 2.45) is 0 Å². The summed E-state index contributed by atoms with van der Waals surface area (Å²) in [6, 6.07) is 9.18. The van der Waals surface area contributed by atoms with Gasteiger partial charge in [-0.3, -0.25) is 9.47 Å². The summed E-state index contributed by atoms with van der Waals surface area (Å²) in [4.78, 5) is 24.0. The Morgan fingerprint density at radius 2 is 1.86 bits per heavy atom. The van der Waals surface area contributed by atoms with Crippen LogP contribution in [0.25, 0.3) is 16.7 Å². The van der Waals surface area contributed by atoms with E-state index in [1.54, 1.807) is 13.2 Å². The molecule has 4 aromatic rings. The van der Waals surface area contributed by atoms with Crippen LogP contribution in [0.5, 0.6) is 5.75 Å². The second kappa shape index (κ2) is 10.1. The Hall–Kier alpha value is -3.37. The van der Waals surface area contributed by atoms with Crippen molar-refractivity contribution in [3.63, 3.8) is 0 Å².